The second-order valence-corrected chi connectivity index (χ2v) is 6.42. The van der Waals surface area contributed by atoms with Crippen molar-refractivity contribution in [1.29, 1.82) is 0 Å². The Bertz CT molecular complexity index is 185. The smallest absolute Gasteiger partial charge is 0 e. The topological polar surface area (TPSA) is 0 Å². The Hall–Kier alpha value is 0.880. The first-order valence-corrected chi connectivity index (χ1v) is 10.8. The van der Waals surface area contributed by atoms with Gasteiger partial charge in [-0.05, 0) is 23.2 Å². The molecule has 0 aromatic heterocycles. The Labute approximate surface area is 155 Å². The Morgan fingerprint density at radius 3 is 1.05 bits per heavy atom. The Morgan fingerprint density at radius 1 is 0.667 bits per heavy atom. The van der Waals surface area contributed by atoms with Crippen LogP contribution in [0.3, 0.4) is 0 Å². The lowest BCUT2D eigenvalue weighted by molar-refractivity contribution is 0.215. The van der Waals surface area contributed by atoms with E-state index in [1.54, 1.807) is 0 Å². The van der Waals surface area contributed by atoms with Crippen LogP contribution >= 0.6 is 0 Å². The van der Waals surface area contributed by atoms with Gasteiger partial charge in [0.05, 0.1) is 0 Å². The van der Waals surface area contributed by atoms with Crippen LogP contribution in [0.25, 0.3) is 0 Å². The average Bonchev–Trinajstić information content (AvgIpc) is 2.56. The van der Waals surface area contributed by atoms with Gasteiger partial charge in [-0.15, -0.1) is 0 Å². The fourth-order valence-electron chi connectivity index (χ4n) is 1.71. The van der Waals surface area contributed by atoms with E-state index in [2.05, 4.69) is 107 Å². The summed E-state index contributed by atoms with van der Waals surface area (Å²) in [4.78, 5) is 0. The minimum atomic E-state index is 0.550. The lowest BCUT2D eigenvalue weighted by atomic mass is 9.77. The van der Waals surface area contributed by atoms with Gasteiger partial charge in [-0.25, -0.2) is 0 Å². The highest BCUT2D eigenvalue weighted by Gasteiger charge is 2.21. The van der Waals surface area contributed by atoms with Crippen LogP contribution < -0.4 is 0 Å². The molecule has 0 saturated heterocycles. The molecule has 21 heavy (non-hydrogen) atoms. The first kappa shape index (κ1) is 29.8. The minimum absolute atomic E-state index is 0.550. The van der Waals surface area contributed by atoms with Crippen LogP contribution in [0.15, 0.2) is 0 Å². The van der Waals surface area contributed by atoms with Gasteiger partial charge in [-0.3, -0.25) is 0 Å². The molecule has 0 amide bonds. The fraction of sp³-hybridized carbons (Fsp3) is 1.00. The van der Waals surface area contributed by atoms with Crippen molar-refractivity contribution in [2.75, 3.05) is 0 Å². The Morgan fingerprint density at radius 2 is 0.952 bits per heavy atom. The van der Waals surface area contributed by atoms with Gasteiger partial charge in [0.2, 0.25) is 0 Å². The normalized spacial score (nSPS) is 14.0. The summed E-state index contributed by atoms with van der Waals surface area (Å²) in [5, 5.41) is 0. The predicted molar refractivity (Wildman–Crippen MR) is 112 cm³/mol. The molecule has 0 radical (unpaired) electrons. The molecule has 0 bridgehead atoms. The van der Waals surface area contributed by atoms with Crippen LogP contribution in [0, 0.1) is 23.2 Å². The maximum Gasteiger partial charge on any atom is 0 e. The number of rotatable bonds is 6. The molecule has 3 unspecified atom stereocenters. The lowest BCUT2D eigenvalue weighted by Gasteiger charge is -2.29. The maximum absolute atomic E-state index is 3.67. The van der Waals surface area contributed by atoms with Crippen molar-refractivity contribution >= 4 is 44.8 Å². The lowest BCUT2D eigenvalue weighted by Crippen LogP contribution is -2.19. The van der Waals surface area contributed by atoms with Gasteiger partial charge in [0.25, 0.3) is 0 Å². The van der Waals surface area contributed by atoms with Gasteiger partial charge in [0, 0.05) is 44.8 Å². The molecule has 0 heterocycles. The van der Waals surface area contributed by atoms with E-state index in [0.717, 1.165) is 17.8 Å². The summed E-state index contributed by atoms with van der Waals surface area (Å²) in [5.74, 6) is 2.70. The second kappa shape index (κ2) is 20.9. The quantitative estimate of drug-likeness (QED) is 0.520. The van der Waals surface area contributed by atoms with Crippen molar-refractivity contribution in [3.63, 3.8) is 0 Å². The molecule has 0 saturated carbocycles. The fourth-order valence-corrected chi connectivity index (χ4v) is 1.71. The molecule has 0 spiro atoms. The molecule has 0 rings (SSSR count). The van der Waals surface area contributed by atoms with Crippen molar-refractivity contribution in [1.82, 2.24) is 0 Å². The average molecular weight is 371 g/mol. The first-order valence-electron chi connectivity index (χ1n) is 8.09. The molecule has 0 nitrogen and oxygen atoms in total. The SMILES string of the molecule is CCC(C)C(C)(C)CC.CCC(C)C(C)CC.S=S.S=S. The minimum Gasteiger partial charge on any atom is -0.0651 e. The van der Waals surface area contributed by atoms with Crippen LogP contribution in [0.5, 0.6) is 0 Å². The molecular weight excluding hydrogens is 332 g/mol. The van der Waals surface area contributed by atoms with E-state index in [4.69, 9.17) is 0 Å². The van der Waals surface area contributed by atoms with E-state index in [1.807, 2.05) is 0 Å². The molecule has 0 aliphatic rings. The monoisotopic (exact) mass is 370 g/mol. The summed E-state index contributed by atoms with van der Waals surface area (Å²) < 4.78 is 0. The molecule has 0 fully saturated rings. The summed E-state index contributed by atoms with van der Waals surface area (Å²) in [6, 6.07) is 0. The van der Waals surface area contributed by atoms with Crippen molar-refractivity contribution in [3.05, 3.63) is 0 Å². The number of hydrogen-bond acceptors (Lipinski definition) is 4. The van der Waals surface area contributed by atoms with E-state index < -0.39 is 0 Å². The zero-order valence-electron chi connectivity index (χ0n) is 15.7. The Balaban J connectivity index is -0.000000111. The van der Waals surface area contributed by atoms with Crippen LogP contribution in [-0.4, -0.2) is 0 Å². The van der Waals surface area contributed by atoms with Crippen molar-refractivity contribution in [2.24, 2.45) is 23.2 Å². The van der Waals surface area contributed by atoms with E-state index in [-0.39, 0.29) is 0 Å². The van der Waals surface area contributed by atoms with Crippen LogP contribution in [0.4, 0.5) is 0 Å². The van der Waals surface area contributed by atoms with Crippen LogP contribution in [-0.2, 0) is 44.8 Å². The molecule has 0 aliphatic carbocycles. The Kier molecular flexibility index (Phi) is 29.7. The summed E-state index contributed by atoms with van der Waals surface area (Å²) in [6.07, 6.45) is 5.26. The third-order valence-electron chi connectivity index (χ3n) is 5.12. The summed E-state index contributed by atoms with van der Waals surface area (Å²) in [7, 11) is 0. The van der Waals surface area contributed by atoms with Gasteiger partial charge in [0.1, 0.15) is 0 Å². The van der Waals surface area contributed by atoms with Crippen molar-refractivity contribution in [3.8, 4) is 0 Å². The highest BCUT2D eigenvalue weighted by atomic mass is 32.8. The van der Waals surface area contributed by atoms with E-state index >= 15 is 0 Å². The van der Waals surface area contributed by atoms with Crippen LogP contribution in [0.2, 0.25) is 0 Å². The maximum atomic E-state index is 3.67. The number of hydrogen-bond donors (Lipinski definition) is 0. The first-order chi connectivity index (χ1) is 9.76. The largest absolute Gasteiger partial charge is 0.0651 e. The summed E-state index contributed by atoms with van der Waals surface area (Å²) in [6.45, 7) is 20.7. The third-order valence-corrected chi connectivity index (χ3v) is 5.12. The highest BCUT2D eigenvalue weighted by molar-refractivity contribution is 8.07. The van der Waals surface area contributed by atoms with Gasteiger partial charge in [-0.2, -0.15) is 0 Å². The molecule has 4 heteroatoms. The van der Waals surface area contributed by atoms with Gasteiger partial charge in [-0.1, -0.05) is 88.0 Å². The summed E-state index contributed by atoms with van der Waals surface area (Å²) in [5.41, 5.74) is 0.550. The van der Waals surface area contributed by atoms with Crippen molar-refractivity contribution < 1.29 is 0 Å². The molecule has 3 atom stereocenters. The van der Waals surface area contributed by atoms with E-state index in [1.165, 1.54) is 25.7 Å². The highest BCUT2D eigenvalue weighted by Crippen LogP contribution is 2.31. The molecular formula is C17H38S4. The molecule has 130 valence electrons. The van der Waals surface area contributed by atoms with E-state index in [9.17, 15) is 0 Å². The molecule has 0 N–H and O–H groups in total. The van der Waals surface area contributed by atoms with Gasteiger partial charge < -0.3 is 0 Å². The predicted octanol–water partition coefficient (Wildman–Crippen LogP) is 6.54. The standard InChI is InChI=1S/C9H20.C8H18.2S2/c1-6-8(3)9(4,5)7-2;1-5-7(3)8(4)6-2;2*1-2/h8H,6-7H2,1-5H3;7-8H,5-6H2,1-4H3;;. The van der Waals surface area contributed by atoms with Crippen molar-refractivity contribution in [2.45, 2.75) is 88.0 Å². The second-order valence-electron chi connectivity index (χ2n) is 6.42. The zero-order valence-corrected chi connectivity index (χ0v) is 19.0. The van der Waals surface area contributed by atoms with Crippen LogP contribution in [0.1, 0.15) is 88.0 Å². The summed E-state index contributed by atoms with van der Waals surface area (Å²) >= 11 is 14.7. The molecule has 0 aliphatic heterocycles. The van der Waals surface area contributed by atoms with E-state index in [0.29, 0.717) is 5.41 Å². The molecule has 0 aromatic rings. The van der Waals surface area contributed by atoms with Gasteiger partial charge in [0.15, 0.2) is 0 Å². The zero-order chi connectivity index (χ0) is 18.1. The molecule has 0 aromatic carbocycles. The third kappa shape index (κ3) is 18.8. The van der Waals surface area contributed by atoms with Gasteiger partial charge >= 0.3 is 0 Å².